The summed E-state index contributed by atoms with van der Waals surface area (Å²) in [4.78, 5) is 1.41. The summed E-state index contributed by atoms with van der Waals surface area (Å²) in [6.45, 7) is 0. The van der Waals surface area contributed by atoms with Gasteiger partial charge < -0.3 is 0 Å². The fourth-order valence-corrected chi connectivity index (χ4v) is 2.40. The molecule has 1 unspecified atom stereocenters. The number of fused-ring (bicyclic) bond motifs is 1. The Morgan fingerprint density at radius 2 is 2.00 bits per heavy atom. The van der Waals surface area contributed by atoms with Gasteiger partial charge in [-0.15, -0.1) is 0 Å². The second-order valence-corrected chi connectivity index (χ2v) is 4.06. The molecule has 1 aromatic rings. The first-order chi connectivity index (χ1) is 4.88. The summed E-state index contributed by atoms with van der Waals surface area (Å²) >= 11 is 0. The average Bonchev–Trinajstić information content (AvgIpc) is 2.34. The van der Waals surface area contributed by atoms with Gasteiger partial charge in [0.25, 0.3) is 0 Å². The van der Waals surface area contributed by atoms with Gasteiger partial charge in [0, 0.05) is 0 Å². The van der Waals surface area contributed by atoms with Crippen LogP contribution in [0.4, 0.5) is 0 Å². The molecule has 0 spiro atoms. The second kappa shape index (κ2) is 2.17. The van der Waals surface area contributed by atoms with Crippen LogP contribution in [0.2, 0.25) is 0 Å². The zero-order valence-electron chi connectivity index (χ0n) is 5.62. The molecule has 0 aliphatic carbocycles. The van der Waals surface area contributed by atoms with Crippen molar-refractivity contribution >= 4 is 17.0 Å². The maximum absolute atomic E-state index is 4.06. The molecular formula is C9H9S. The maximum Gasteiger partial charge on any atom is -0.00172 e. The van der Waals surface area contributed by atoms with Crippen LogP contribution in [-0.4, -0.2) is 0 Å². The van der Waals surface area contributed by atoms with E-state index in [-0.39, 0.29) is 10.9 Å². The standard InChI is InChI=1S/C9H9S/c1-10-7-6-8-4-2-3-5-9(8)10/h2-7,10H,1H2. The van der Waals surface area contributed by atoms with Crippen LogP contribution in [0.3, 0.4) is 0 Å². The Morgan fingerprint density at radius 1 is 1.20 bits per heavy atom. The summed E-state index contributed by atoms with van der Waals surface area (Å²) < 4.78 is 0. The summed E-state index contributed by atoms with van der Waals surface area (Å²) in [6, 6.07) is 8.44. The van der Waals surface area contributed by atoms with Crippen LogP contribution in [-0.2, 0) is 0 Å². The van der Waals surface area contributed by atoms with E-state index in [1.54, 1.807) is 0 Å². The Labute approximate surface area is 63.9 Å². The van der Waals surface area contributed by atoms with E-state index in [2.05, 4.69) is 42.0 Å². The van der Waals surface area contributed by atoms with Gasteiger partial charge in [0.15, 0.2) is 0 Å². The van der Waals surface area contributed by atoms with Crippen LogP contribution in [0, 0.1) is 6.26 Å². The highest BCUT2D eigenvalue weighted by molar-refractivity contribution is 8.21. The van der Waals surface area contributed by atoms with Crippen LogP contribution in [0.25, 0.3) is 6.08 Å². The van der Waals surface area contributed by atoms with Crippen molar-refractivity contribution in [2.24, 2.45) is 0 Å². The van der Waals surface area contributed by atoms with Gasteiger partial charge in [-0.05, 0) is 34.3 Å². The van der Waals surface area contributed by atoms with Crippen molar-refractivity contribution in [2.45, 2.75) is 4.90 Å². The van der Waals surface area contributed by atoms with E-state index in [1.807, 2.05) is 0 Å². The van der Waals surface area contributed by atoms with E-state index in [0.717, 1.165) is 0 Å². The number of hydrogen-bond acceptors (Lipinski definition) is 0. The molecule has 0 fully saturated rings. The third-order valence-corrected chi connectivity index (χ3v) is 3.22. The molecule has 51 valence electrons. The molecule has 1 heterocycles. The van der Waals surface area contributed by atoms with E-state index in [1.165, 1.54) is 10.5 Å². The van der Waals surface area contributed by atoms with Crippen LogP contribution in [0.15, 0.2) is 34.6 Å². The van der Waals surface area contributed by atoms with Gasteiger partial charge in [-0.2, -0.15) is 0 Å². The zero-order chi connectivity index (χ0) is 6.97. The molecule has 1 heteroatoms. The number of thiol groups is 1. The molecule has 1 radical (unpaired) electrons. The Bertz CT molecular complexity index is 276. The monoisotopic (exact) mass is 149 g/mol. The van der Waals surface area contributed by atoms with Gasteiger partial charge in [-0.1, -0.05) is 18.2 Å². The molecule has 0 nitrogen and oxygen atoms in total. The topological polar surface area (TPSA) is 0 Å². The number of benzene rings is 1. The minimum atomic E-state index is -0.211. The molecule has 2 rings (SSSR count). The van der Waals surface area contributed by atoms with Gasteiger partial charge in [-0.25, -0.2) is 10.9 Å². The minimum absolute atomic E-state index is 0.211. The van der Waals surface area contributed by atoms with E-state index < -0.39 is 0 Å². The average molecular weight is 149 g/mol. The van der Waals surface area contributed by atoms with Crippen molar-refractivity contribution in [1.29, 1.82) is 0 Å². The van der Waals surface area contributed by atoms with Crippen molar-refractivity contribution in [3.8, 4) is 0 Å². The summed E-state index contributed by atoms with van der Waals surface area (Å²) in [6.07, 6.45) is 6.22. The summed E-state index contributed by atoms with van der Waals surface area (Å²) in [5.74, 6) is 0. The molecule has 1 atom stereocenters. The van der Waals surface area contributed by atoms with Crippen molar-refractivity contribution in [3.05, 3.63) is 41.5 Å². The molecule has 0 amide bonds. The van der Waals surface area contributed by atoms with Crippen molar-refractivity contribution in [2.75, 3.05) is 0 Å². The lowest BCUT2D eigenvalue weighted by Gasteiger charge is -2.05. The predicted octanol–water partition coefficient (Wildman–Crippen LogP) is 2.82. The number of rotatable bonds is 0. The van der Waals surface area contributed by atoms with Gasteiger partial charge in [0.2, 0.25) is 0 Å². The Balaban J connectivity index is 2.59. The van der Waals surface area contributed by atoms with Crippen molar-refractivity contribution in [3.63, 3.8) is 0 Å². The summed E-state index contributed by atoms with van der Waals surface area (Å²) in [7, 11) is -0.211. The number of hydrogen-bond donors (Lipinski definition) is 1. The minimum Gasteiger partial charge on any atom is -0.205 e. The first-order valence-electron chi connectivity index (χ1n) is 3.25. The van der Waals surface area contributed by atoms with Gasteiger partial charge in [0.05, 0.1) is 0 Å². The van der Waals surface area contributed by atoms with Gasteiger partial charge in [0.1, 0.15) is 0 Å². The highest BCUT2D eigenvalue weighted by Gasteiger charge is 2.06. The Morgan fingerprint density at radius 3 is 2.80 bits per heavy atom. The van der Waals surface area contributed by atoms with Gasteiger partial charge in [-0.3, -0.25) is 0 Å². The summed E-state index contributed by atoms with van der Waals surface area (Å²) in [5, 5.41) is 2.19. The molecule has 0 aromatic heterocycles. The normalized spacial score (nSPS) is 24.7. The zero-order valence-corrected chi connectivity index (χ0v) is 6.51. The van der Waals surface area contributed by atoms with Crippen LogP contribution >= 0.6 is 10.9 Å². The first kappa shape index (κ1) is 6.05. The van der Waals surface area contributed by atoms with E-state index in [9.17, 15) is 0 Å². The molecule has 0 N–H and O–H groups in total. The molecule has 0 bridgehead atoms. The quantitative estimate of drug-likeness (QED) is 0.539. The lowest BCUT2D eigenvalue weighted by atomic mass is 10.2. The Hall–Kier alpha value is -0.690. The highest BCUT2D eigenvalue weighted by atomic mass is 32.2. The van der Waals surface area contributed by atoms with Crippen LogP contribution in [0.5, 0.6) is 0 Å². The lowest BCUT2D eigenvalue weighted by molar-refractivity contribution is 1.44. The lowest BCUT2D eigenvalue weighted by Crippen LogP contribution is -1.73. The van der Waals surface area contributed by atoms with Crippen LogP contribution < -0.4 is 0 Å². The third-order valence-electron chi connectivity index (χ3n) is 1.68. The van der Waals surface area contributed by atoms with E-state index >= 15 is 0 Å². The maximum atomic E-state index is 4.06. The molecule has 0 saturated heterocycles. The fraction of sp³-hybridized carbons (Fsp3) is 0. The Kier molecular flexibility index (Phi) is 1.31. The predicted molar refractivity (Wildman–Crippen MR) is 48.1 cm³/mol. The molecule has 10 heavy (non-hydrogen) atoms. The van der Waals surface area contributed by atoms with Crippen molar-refractivity contribution in [1.82, 2.24) is 0 Å². The van der Waals surface area contributed by atoms with Gasteiger partial charge >= 0.3 is 0 Å². The van der Waals surface area contributed by atoms with E-state index in [4.69, 9.17) is 0 Å². The largest absolute Gasteiger partial charge is 0.205 e. The SMILES string of the molecule is [CH2][SH]1C=Cc2ccccc21. The molecule has 0 saturated carbocycles. The molecule has 1 aliphatic heterocycles. The molecule has 1 aromatic carbocycles. The summed E-state index contributed by atoms with van der Waals surface area (Å²) in [5.41, 5.74) is 1.35. The third kappa shape index (κ3) is 0.781. The van der Waals surface area contributed by atoms with Crippen molar-refractivity contribution < 1.29 is 0 Å². The highest BCUT2D eigenvalue weighted by Crippen LogP contribution is 2.44. The fourth-order valence-electron chi connectivity index (χ4n) is 1.14. The smallest absolute Gasteiger partial charge is 0.00172 e. The van der Waals surface area contributed by atoms with Crippen LogP contribution in [0.1, 0.15) is 5.56 Å². The second-order valence-electron chi connectivity index (χ2n) is 2.34. The van der Waals surface area contributed by atoms with E-state index in [0.29, 0.717) is 0 Å². The molecule has 1 aliphatic rings. The first-order valence-corrected chi connectivity index (χ1v) is 4.84. The molecular weight excluding hydrogens is 140 g/mol.